The molecule has 0 atom stereocenters. The van der Waals surface area contributed by atoms with Crippen LogP contribution in [0.3, 0.4) is 0 Å². The number of benzene rings is 4. The van der Waals surface area contributed by atoms with E-state index in [2.05, 4.69) is 33.7 Å². The van der Waals surface area contributed by atoms with Crippen molar-refractivity contribution in [1.82, 2.24) is 5.32 Å². The molecule has 0 aromatic heterocycles. The van der Waals surface area contributed by atoms with Crippen molar-refractivity contribution in [1.29, 1.82) is 0 Å². The van der Waals surface area contributed by atoms with E-state index in [9.17, 15) is 28.0 Å². The van der Waals surface area contributed by atoms with Gasteiger partial charge in [0.2, 0.25) is 0 Å². The highest BCUT2D eigenvalue weighted by Gasteiger charge is 2.35. The smallest absolute Gasteiger partial charge is 0.335 e. The third-order valence-corrected chi connectivity index (χ3v) is 11.1. The molecule has 4 aromatic rings. The summed E-state index contributed by atoms with van der Waals surface area (Å²) in [6.45, 7) is 1.07. The Labute approximate surface area is 369 Å². The number of carbonyl (C=O) groups excluding carboxylic acids is 3. The summed E-state index contributed by atoms with van der Waals surface area (Å²) in [4.78, 5) is 46.3. The number of methoxy groups -OCH3 is 2. The molecule has 4 aromatic carbocycles. The number of halogens is 3. The lowest BCUT2D eigenvalue weighted by Gasteiger charge is -2.36. The highest BCUT2D eigenvalue weighted by molar-refractivity contribution is 5.94. The minimum Gasteiger partial charge on any atom is -0.478 e. The van der Waals surface area contributed by atoms with Crippen LogP contribution in [0.4, 0.5) is 8.78 Å². The summed E-state index contributed by atoms with van der Waals surface area (Å²) >= 11 is 0. The van der Waals surface area contributed by atoms with Gasteiger partial charge in [0.05, 0.1) is 43.8 Å². The Morgan fingerprint density at radius 1 is 0.613 bits per heavy atom. The fraction of sp³-hybridized carbons (Fsp3) is 0.360. The molecule has 62 heavy (non-hydrogen) atoms. The Morgan fingerprint density at radius 3 is 1.42 bits per heavy atom. The summed E-state index contributed by atoms with van der Waals surface area (Å²) in [5.74, 6) is 8.97. The van der Waals surface area contributed by atoms with Gasteiger partial charge in [-0.2, -0.15) is 0 Å². The first-order valence-electron chi connectivity index (χ1n) is 20.5. The number of esters is 2. The molecule has 328 valence electrons. The molecule has 0 unspecified atom stereocenters. The van der Waals surface area contributed by atoms with E-state index in [4.69, 9.17) is 15.6 Å². The maximum absolute atomic E-state index is 13.6. The Bertz CT molecular complexity index is 2210. The van der Waals surface area contributed by atoms with Crippen molar-refractivity contribution in [3.63, 3.8) is 0 Å². The van der Waals surface area contributed by atoms with Crippen LogP contribution in [0.15, 0.2) is 97.1 Å². The third kappa shape index (κ3) is 16.1. The fourth-order valence-corrected chi connectivity index (χ4v) is 7.40. The number of rotatable bonds is 9. The van der Waals surface area contributed by atoms with Gasteiger partial charge in [-0.15, -0.1) is 12.4 Å². The quantitative estimate of drug-likeness (QED) is 0.112. The highest BCUT2D eigenvalue weighted by Crippen LogP contribution is 2.40. The van der Waals surface area contributed by atoms with Crippen molar-refractivity contribution in [3.05, 3.63) is 142 Å². The van der Waals surface area contributed by atoms with Crippen LogP contribution in [0.2, 0.25) is 0 Å². The molecular formula is C50H55ClF2N2O7. The van der Waals surface area contributed by atoms with Gasteiger partial charge in [-0.3, -0.25) is 14.4 Å². The van der Waals surface area contributed by atoms with Crippen molar-refractivity contribution < 1.29 is 42.5 Å². The van der Waals surface area contributed by atoms with Gasteiger partial charge >= 0.3 is 17.9 Å². The zero-order valence-electron chi connectivity index (χ0n) is 35.3. The molecule has 12 heteroatoms. The summed E-state index contributed by atoms with van der Waals surface area (Å²) in [6.07, 6.45) is 11.8. The number of carbonyl (C=O) groups is 4. The minimum atomic E-state index is -0.983. The largest absolute Gasteiger partial charge is 0.478 e. The van der Waals surface area contributed by atoms with E-state index < -0.39 is 5.97 Å². The summed E-state index contributed by atoms with van der Waals surface area (Å²) in [6, 6.07) is 25.6. The van der Waals surface area contributed by atoms with Crippen molar-refractivity contribution in [2.75, 3.05) is 27.3 Å². The molecule has 2 saturated carbocycles. The number of nitrogens with two attached hydrogens (primary N) is 1. The molecule has 4 N–H and O–H groups in total. The number of carboxylic acid groups (broad SMARTS) is 1. The van der Waals surface area contributed by atoms with Gasteiger partial charge in [-0.25, -0.2) is 13.6 Å². The maximum Gasteiger partial charge on any atom is 0.335 e. The predicted molar refractivity (Wildman–Crippen MR) is 238 cm³/mol. The SMILES string of the molecule is COC(=O)CC1(CN)CCCCC1.COC(=O)CC1(CNC(=O)c2ccc(C#Cc3ccccc3F)cc2)CCCCC1.Cl.O=C(O)c1ccc(C#Cc2ccccc2F)cc1. The number of carboxylic acids is 1. The van der Waals surface area contributed by atoms with E-state index in [1.807, 2.05) is 0 Å². The monoisotopic (exact) mass is 868 g/mol. The average Bonchev–Trinajstić information content (AvgIpc) is 3.29. The van der Waals surface area contributed by atoms with Gasteiger partial charge in [0, 0.05) is 23.2 Å². The van der Waals surface area contributed by atoms with E-state index in [1.165, 1.54) is 57.7 Å². The van der Waals surface area contributed by atoms with Crippen LogP contribution >= 0.6 is 12.4 Å². The van der Waals surface area contributed by atoms with E-state index in [-0.39, 0.29) is 58.3 Å². The van der Waals surface area contributed by atoms with Crippen LogP contribution in [0.1, 0.15) is 120 Å². The van der Waals surface area contributed by atoms with Crippen LogP contribution in [0, 0.1) is 46.1 Å². The molecule has 1 amide bonds. The lowest BCUT2D eigenvalue weighted by molar-refractivity contribution is -0.144. The second-order valence-electron chi connectivity index (χ2n) is 15.4. The molecule has 2 aliphatic carbocycles. The predicted octanol–water partition coefficient (Wildman–Crippen LogP) is 9.27. The Balaban J connectivity index is 0.000000272. The van der Waals surface area contributed by atoms with Crippen molar-refractivity contribution >= 4 is 36.2 Å². The van der Waals surface area contributed by atoms with Gasteiger partial charge in [0.1, 0.15) is 11.6 Å². The number of hydrogen-bond donors (Lipinski definition) is 3. The number of aromatic carboxylic acids is 1. The van der Waals surface area contributed by atoms with Crippen molar-refractivity contribution in [2.24, 2.45) is 16.6 Å². The van der Waals surface area contributed by atoms with Crippen LogP contribution in [0.25, 0.3) is 0 Å². The second kappa shape index (κ2) is 25.7. The molecular weight excluding hydrogens is 814 g/mol. The van der Waals surface area contributed by atoms with E-state index >= 15 is 0 Å². The molecule has 2 fully saturated rings. The Kier molecular flexibility index (Phi) is 20.9. The zero-order chi connectivity index (χ0) is 44.1. The zero-order valence-corrected chi connectivity index (χ0v) is 36.1. The second-order valence-corrected chi connectivity index (χ2v) is 15.4. The molecule has 6 rings (SSSR count). The van der Waals surface area contributed by atoms with Crippen LogP contribution in [0.5, 0.6) is 0 Å². The van der Waals surface area contributed by atoms with Gasteiger partial charge in [-0.05, 0) is 116 Å². The first-order chi connectivity index (χ1) is 29.4. The van der Waals surface area contributed by atoms with Crippen molar-refractivity contribution in [3.8, 4) is 23.7 Å². The van der Waals surface area contributed by atoms with Crippen LogP contribution in [-0.2, 0) is 19.1 Å². The molecule has 0 aliphatic heterocycles. The summed E-state index contributed by atoms with van der Waals surface area (Å²) < 4.78 is 36.5. The molecule has 0 spiro atoms. The molecule has 0 radical (unpaired) electrons. The minimum absolute atomic E-state index is 0. The van der Waals surface area contributed by atoms with E-state index in [0.717, 1.165) is 44.9 Å². The Hall–Kier alpha value is -6.01. The third-order valence-electron chi connectivity index (χ3n) is 11.1. The lowest BCUT2D eigenvalue weighted by Crippen LogP contribution is -2.40. The normalized spacial score (nSPS) is 14.3. The van der Waals surface area contributed by atoms with E-state index in [1.54, 1.807) is 72.8 Å². The van der Waals surface area contributed by atoms with Gasteiger partial charge in [-0.1, -0.05) is 86.5 Å². The fourth-order valence-electron chi connectivity index (χ4n) is 7.40. The number of nitrogens with one attached hydrogen (secondary N) is 1. The van der Waals surface area contributed by atoms with E-state index in [0.29, 0.717) is 53.7 Å². The number of amides is 1. The highest BCUT2D eigenvalue weighted by atomic mass is 35.5. The number of ether oxygens (including phenoxy) is 2. The first-order valence-corrected chi connectivity index (χ1v) is 20.5. The molecule has 9 nitrogen and oxygen atoms in total. The standard InChI is InChI=1S/C25H26FNO3.C15H9FO2.C10H19NO2.ClH/c1-30-23(28)17-25(15-5-2-6-16-25)18-27-24(29)21-13-10-19(11-14-21)9-12-20-7-3-4-8-22(20)26;16-14-4-2-1-3-12(14)8-5-11-6-9-13(10-7-11)15(17)18;1-13-9(12)7-10(8-11)5-3-2-4-6-10;/h3-4,7-8,10-11,13-14H,2,5-6,15-18H2,1H3,(H,27,29);1-4,6-7,9-10H,(H,17,18);2-8,11H2,1H3;1H. The summed E-state index contributed by atoms with van der Waals surface area (Å²) in [7, 11) is 2.84. The molecule has 0 bridgehead atoms. The van der Waals surface area contributed by atoms with Crippen LogP contribution in [-0.4, -0.2) is 56.2 Å². The van der Waals surface area contributed by atoms with Gasteiger partial charge in [0.25, 0.3) is 5.91 Å². The van der Waals surface area contributed by atoms with Gasteiger partial charge in [0.15, 0.2) is 0 Å². The van der Waals surface area contributed by atoms with Crippen LogP contribution < -0.4 is 11.1 Å². The lowest BCUT2D eigenvalue weighted by atomic mass is 9.71. The summed E-state index contributed by atoms with van der Waals surface area (Å²) in [5.41, 5.74) is 8.27. The number of hydrogen-bond acceptors (Lipinski definition) is 7. The summed E-state index contributed by atoms with van der Waals surface area (Å²) in [5, 5.41) is 11.7. The Morgan fingerprint density at radius 2 is 1.02 bits per heavy atom. The molecule has 2 aliphatic rings. The topological polar surface area (TPSA) is 145 Å². The van der Waals surface area contributed by atoms with Crippen molar-refractivity contribution in [2.45, 2.75) is 77.0 Å². The maximum atomic E-state index is 13.6. The molecule has 0 heterocycles. The first kappa shape index (κ1) is 50.3. The molecule has 0 saturated heterocycles. The average molecular weight is 869 g/mol. The van der Waals surface area contributed by atoms with Gasteiger partial charge < -0.3 is 25.6 Å².